The van der Waals surface area contributed by atoms with E-state index in [9.17, 15) is 0 Å². The molecule has 4 heteroatoms. The minimum atomic E-state index is 0.00353. The van der Waals surface area contributed by atoms with Crippen LogP contribution in [0.4, 0.5) is 0 Å². The van der Waals surface area contributed by atoms with E-state index >= 15 is 0 Å². The Balaban J connectivity index is 2.72. The molecular formula is C14H23ClN2S. The predicted octanol–water partition coefficient (Wildman–Crippen LogP) is 2.89. The van der Waals surface area contributed by atoms with Crippen molar-refractivity contribution in [1.29, 1.82) is 0 Å². The van der Waals surface area contributed by atoms with Crippen LogP contribution in [0.5, 0.6) is 0 Å². The molecule has 0 saturated heterocycles. The first-order valence-corrected chi connectivity index (χ1v) is 7.94. The molecule has 0 heterocycles. The molecule has 0 saturated carbocycles. The second kappa shape index (κ2) is 7.39. The van der Waals surface area contributed by atoms with Crippen LogP contribution >= 0.6 is 23.4 Å². The van der Waals surface area contributed by atoms with Crippen LogP contribution in [-0.4, -0.2) is 42.6 Å². The molecule has 0 radical (unpaired) electrons. The van der Waals surface area contributed by atoms with Gasteiger partial charge in [-0.25, -0.2) is 0 Å². The van der Waals surface area contributed by atoms with E-state index in [0.717, 1.165) is 23.7 Å². The van der Waals surface area contributed by atoms with E-state index in [0.29, 0.717) is 6.54 Å². The SMILES string of the molecule is CSCCN(C)C(C)(CN)Cc1ccc(Cl)cc1. The van der Waals surface area contributed by atoms with E-state index < -0.39 is 0 Å². The molecular weight excluding hydrogens is 264 g/mol. The molecule has 0 bridgehead atoms. The number of hydrogen-bond acceptors (Lipinski definition) is 3. The van der Waals surface area contributed by atoms with Gasteiger partial charge < -0.3 is 5.73 Å². The first kappa shape index (κ1) is 15.8. The normalized spacial score (nSPS) is 14.8. The number of rotatable bonds is 7. The zero-order valence-electron chi connectivity index (χ0n) is 11.4. The van der Waals surface area contributed by atoms with Gasteiger partial charge in [-0.2, -0.15) is 11.8 Å². The standard InChI is InChI=1S/C14H23ClN2S/c1-14(11-16,17(2)8-9-18-3)10-12-4-6-13(15)7-5-12/h4-7H,8-11,16H2,1-3H3. The van der Waals surface area contributed by atoms with Crippen LogP contribution in [0, 0.1) is 0 Å². The highest BCUT2D eigenvalue weighted by Gasteiger charge is 2.27. The number of hydrogen-bond donors (Lipinski definition) is 1. The molecule has 18 heavy (non-hydrogen) atoms. The summed E-state index contributed by atoms with van der Waals surface area (Å²) in [5.74, 6) is 1.13. The molecule has 0 fully saturated rings. The van der Waals surface area contributed by atoms with Crippen molar-refractivity contribution in [3.05, 3.63) is 34.9 Å². The molecule has 0 spiro atoms. The third-order valence-corrected chi connectivity index (χ3v) is 4.33. The lowest BCUT2D eigenvalue weighted by molar-refractivity contribution is 0.153. The Bertz CT molecular complexity index is 355. The Hall–Kier alpha value is -0.220. The number of thioether (sulfide) groups is 1. The van der Waals surface area contributed by atoms with Crippen molar-refractivity contribution < 1.29 is 0 Å². The molecule has 1 rings (SSSR count). The van der Waals surface area contributed by atoms with E-state index in [4.69, 9.17) is 17.3 Å². The first-order chi connectivity index (χ1) is 8.51. The maximum atomic E-state index is 5.98. The van der Waals surface area contributed by atoms with Crippen LogP contribution in [0.1, 0.15) is 12.5 Å². The van der Waals surface area contributed by atoms with E-state index in [1.807, 2.05) is 23.9 Å². The second-order valence-corrected chi connectivity index (χ2v) is 6.34. The zero-order chi connectivity index (χ0) is 13.6. The summed E-state index contributed by atoms with van der Waals surface area (Å²) in [7, 11) is 2.15. The molecule has 1 atom stereocenters. The summed E-state index contributed by atoms with van der Waals surface area (Å²) in [6, 6.07) is 8.04. The maximum Gasteiger partial charge on any atom is 0.0406 e. The van der Waals surface area contributed by atoms with Gasteiger partial charge in [0.1, 0.15) is 0 Å². The van der Waals surface area contributed by atoms with Crippen molar-refractivity contribution in [2.45, 2.75) is 18.9 Å². The van der Waals surface area contributed by atoms with Gasteiger partial charge in [0, 0.05) is 29.4 Å². The Kier molecular flexibility index (Phi) is 6.50. The predicted molar refractivity (Wildman–Crippen MR) is 83.6 cm³/mol. The Labute approximate surface area is 120 Å². The molecule has 0 aliphatic carbocycles. The van der Waals surface area contributed by atoms with Gasteiger partial charge in [0.2, 0.25) is 0 Å². The lowest BCUT2D eigenvalue weighted by atomic mass is 9.91. The third kappa shape index (κ3) is 4.47. The first-order valence-electron chi connectivity index (χ1n) is 6.16. The molecule has 0 amide bonds. The molecule has 102 valence electrons. The monoisotopic (exact) mass is 286 g/mol. The van der Waals surface area contributed by atoms with Crippen LogP contribution in [0.15, 0.2) is 24.3 Å². The van der Waals surface area contributed by atoms with Crippen LogP contribution in [0.3, 0.4) is 0 Å². The fraction of sp³-hybridized carbons (Fsp3) is 0.571. The van der Waals surface area contributed by atoms with Crippen molar-refractivity contribution in [1.82, 2.24) is 4.90 Å². The highest BCUT2D eigenvalue weighted by atomic mass is 35.5. The summed E-state index contributed by atoms with van der Waals surface area (Å²) in [6.07, 6.45) is 3.08. The second-order valence-electron chi connectivity index (χ2n) is 4.92. The Morgan fingerprint density at radius 2 is 1.94 bits per heavy atom. The quantitative estimate of drug-likeness (QED) is 0.836. The molecule has 1 unspecified atom stereocenters. The zero-order valence-corrected chi connectivity index (χ0v) is 13.0. The number of likely N-dealkylation sites (N-methyl/N-ethyl adjacent to an activating group) is 1. The Morgan fingerprint density at radius 1 is 1.33 bits per heavy atom. The smallest absolute Gasteiger partial charge is 0.0406 e. The van der Waals surface area contributed by atoms with Crippen molar-refractivity contribution in [3.8, 4) is 0 Å². The van der Waals surface area contributed by atoms with Gasteiger partial charge in [0.15, 0.2) is 0 Å². The molecule has 1 aromatic rings. The van der Waals surface area contributed by atoms with Gasteiger partial charge >= 0.3 is 0 Å². The van der Waals surface area contributed by atoms with E-state index in [-0.39, 0.29) is 5.54 Å². The minimum absolute atomic E-state index is 0.00353. The van der Waals surface area contributed by atoms with Crippen molar-refractivity contribution in [2.75, 3.05) is 32.1 Å². The summed E-state index contributed by atoms with van der Waals surface area (Å²) >= 11 is 7.77. The van der Waals surface area contributed by atoms with Crippen LogP contribution in [0.2, 0.25) is 5.02 Å². The Morgan fingerprint density at radius 3 is 2.44 bits per heavy atom. The van der Waals surface area contributed by atoms with Gasteiger partial charge in [-0.3, -0.25) is 4.90 Å². The number of halogens is 1. The van der Waals surface area contributed by atoms with Crippen molar-refractivity contribution >= 4 is 23.4 Å². The lowest BCUT2D eigenvalue weighted by Gasteiger charge is -2.38. The van der Waals surface area contributed by atoms with Gasteiger partial charge in [-0.15, -0.1) is 0 Å². The molecule has 0 aromatic heterocycles. The van der Waals surface area contributed by atoms with Crippen LogP contribution in [0.25, 0.3) is 0 Å². The van der Waals surface area contributed by atoms with Gasteiger partial charge in [-0.05, 0) is 44.3 Å². The molecule has 2 N–H and O–H groups in total. The highest BCUT2D eigenvalue weighted by molar-refractivity contribution is 7.98. The van der Waals surface area contributed by atoms with Gasteiger partial charge in [-0.1, -0.05) is 23.7 Å². The third-order valence-electron chi connectivity index (χ3n) is 3.49. The highest BCUT2D eigenvalue weighted by Crippen LogP contribution is 2.20. The van der Waals surface area contributed by atoms with E-state index in [1.165, 1.54) is 5.56 Å². The number of benzene rings is 1. The molecule has 1 aromatic carbocycles. The summed E-state index contributed by atoms with van der Waals surface area (Å²) < 4.78 is 0. The van der Waals surface area contributed by atoms with Gasteiger partial charge in [0.25, 0.3) is 0 Å². The summed E-state index contributed by atoms with van der Waals surface area (Å²) in [4.78, 5) is 2.36. The summed E-state index contributed by atoms with van der Waals surface area (Å²) in [6.45, 7) is 3.94. The largest absolute Gasteiger partial charge is 0.329 e. The van der Waals surface area contributed by atoms with Crippen LogP contribution < -0.4 is 5.73 Å². The molecule has 0 aliphatic rings. The fourth-order valence-corrected chi connectivity index (χ4v) is 2.49. The van der Waals surface area contributed by atoms with Crippen LogP contribution in [-0.2, 0) is 6.42 Å². The maximum absolute atomic E-state index is 5.98. The summed E-state index contributed by atoms with van der Waals surface area (Å²) in [5, 5.41) is 0.781. The number of nitrogens with zero attached hydrogens (tertiary/aromatic N) is 1. The van der Waals surface area contributed by atoms with E-state index in [2.05, 4.69) is 37.3 Å². The lowest BCUT2D eigenvalue weighted by Crippen LogP contribution is -2.52. The minimum Gasteiger partial charge on any atom is -0.329 e. The van der Waals surface area contributed by atoms with Crippen molar-refractivity contribution in [3.63, 3.8) is 0 Å². The molecule has 2 nitrogen and oxygen atoms in total. The topological polar surface area (TPSA) is 29.3 Å². The molecule has 0 aliphatic heterocycles. The van der Waals surface area contributed by atoms with E-state index in [1.54, 1.807) is 0 Å². The van der Waals surface area contributed by atoms with Crippen molar-refractivity contribution in [2.24, 2.45) is 5.73 Å². The van der Waals surface area contributed by atoms with Gasteiger partial charge in [0.05, 0.1) is 0 Å². The average molecular weight is 287 g/mol. The fourth-order valence-electron chi connectivity index (χ4n) is 1.90. The number of nitrogens with two attached hydrogens (primary N) is 1. The average Bonchev–Trinajstić information content (AvgIpc) is 2.38. The summed E-state index contributed by atoms with van der Waals surface area (Å²) in [5.41, 5.74) is 7.27.